The van der Waals surface area contributed by atoms with Crippen LogP contribution in [-0.4, -0.2) is 6.36 Å². The summed E-state index contributed by atoms with van der Waals surface area (Å²) in [5.41, 5.74) is 6.02. The van der Waals surface area contributed by atoms with Crippen LogP contribution in [0.2, 0.25) is 0 Å². The Morgan fingerprint density at radius 1 is 1.05 bits per heavy atom. The van der Waals surface area contributed by atoms with Gasteiger partial charge >= 0.3 is 6.36 Å². The van der Waals surface area contributed by atoms with Crippen molar-refractivity contribution >= 4 is 15.9 Å². The molecule has 2 rings (SSSR count). The largest absolute Gasteiger partial charge is 0.573 e. The SMILES string of the molecule is NC(c1ccc(Br)cc1F)c1ccccc1OC(F)(F)F. The van der Waals surface area contributed by atoms with Crippen molar-refractivity contribution < 1.29 is 22.3 Å². The van der Waals surface area contributed by atoms with Gasteiger partial charge in [-0.25, -0.2) is 4.39 Å². The van der Waals surface area contributed by atoms with Crippen molar-refractivity contribution in [3.05, 3.63) is 63.9 Å². The van der Waals surface area contributed by atoms with Crippen LogP contribution in [0.15, 0.2) is 46.9 Å². The van der Waals surface area contributed by atoms with E-state index in [4.69, 9.17) is 5.73 Å². The number of alkyl halides is 3. The molecule has 0 amide bonds. The van der Waals surface area contributed by atoms with Crippen LogP contribution in [-0.2, 0) is 0 Å². The van der Waals surface area contributed by atoms with Gasteiger partial charge in [-0.3, -0.25) is 0 Å². The first kappa shape index (κ1) is 15.8. The second kappa shape index (κ2) is 6.03. The molecule has 112 valence electrons. The maximum atomic E-state index is 13.9. The number of ether oxygens (including phenoxy) is 1. The van der Waals surface area contributed by atoms with Gasteiger partial charge < -0.3 is 10.5 Å². The van der Waals surface area contributed by atoms with Gasteiger partial charge in [-0.05, 0) is 18.2 Å². The summed E-state index contributed by atoms with van der Waals surface area (Å²) in [6.45, 7) is 0. The molecule has 2 N–H and O–H groups in total. The van der Waals surface area contributed by atoms with E-state index in [1.165, 1.54) is 30.3 Å². The van der Waals surface area contributed by atoms with Crippen molar-refractivity contribution in [3.63, 3.8) is 0 Å². The Morgan fingerprint density at radius 2 is 1.71 bits per heavy atom. The molecule has 0 aliphatic heterocycles. The molecule has 0 bridgehead atoms. The van der Waals surface area contributed by atoms with E-state index in [1.807, 2.05) is 0 Å². The monoisotopic (exact) mass is 363 g/mol. The lowest BCUT2D eigenvalue weighted by Gasteiger charge is -2.18. The molecule has 0 fully saturated rings. The van der Waals surface area contributed by atoms with Crippen LogP contribution < -0.4 is 10.5 Å². The van der Waals surface area contributed by atoms with E-state index >= 15 is 0 Å². The molecule has 0 heterocycles. The van der Waals surface area contributed by atoms with E-state index in [0.29, 0.717) is 4.47 Å². The highest BCUT2D eigenvalue weighted by molar-refractivity contribution is 9.10. The van der Waals surface area contributed by atoms with Crippen molar-refractivity contribution in [2.24, 2.45) is 5.73 Å². The minimum Gasteiger partial charge on any atom is -0.405 e. The lowest BCUT2D eigenvalue weighted by molar-refractivity contribution is -0.274. The van der Waals surface area contributed by atoms with Gasteiger partial charge in [-0.1, -0.05) is 40.2 Å². The summed E-state index contributed by atoms with van der Waals surface area (Å²) in [6.07, 6.45) is -4.84. The van der Waals surface area contributed by atoms with Gasteiger partial charge in [0, 0.05) is 15.6 Å². The summed E-state index contributed by atoms with van der Waals surface area (Å²) in [5.74, 6) is -1.06. The Labute approximate surface area is 126 Å². The minimum atomic E-state index is -4.84. The highest BCUT2D eigenvalue weighted by atomic mass is 79.9. The number of rotatable bonds is 3. The molecule has 0 saturated heterocycles. The fourth-order valence-corrected chi connectivity index (χ4v) is 2.21. The normalized spacial score (nSPS) is 13.0. The molecular formula is C14H10BrF4NO. The third-order valence-electron chi connectivity index (χ3n) is 2.78. The van der Waals surface area contributed by atoms with Gasteiger partial charge in [0.15, 0.2) is 0 Å². The average Bonchev–Trinajstić information content (AvgIpc) is 2.36. The quantitative estimate of drug-likeness (QED) is 0.812. The van der Waals surface area contributed by atoms with Crippen molar-refractivity contribution in [2.75, 3.05) is 0 Å². The molecule has 0 aliphatic rings. The molecule has 0 aliphatic carbocycles. The maximum absolute atomic E-state index is 13.9. The molecule has 21 heavy (non-hydrogen) atoms. The van der Waals surface area contributed by atoms with E-state index in [-0.39, 0.29) is 11.1 Å². The van der Waals surface area contributed by atoms with Crippen molar-refractivity contribution in [1.29, 1.82) is 0 Å². The highest BCUT2D eigenvalue weighted by Gasteiger charge is 2.33. The Bertz CT molecular complexity index is 645. The smallest absolute Gasteiger partial charge is 0.405 e. The van der Waals surface area contributed by atoms with Gasteiger partial charge in [0.05, 0.1) is 6.04 Å². The minimum absolute atomic E-state index is 0.0519. The molecule has 7 heteroatoms. The average molecular weight is 364 g/mol. The summed E-state index contributed by atoms with van der Waals surface area (Å²) in [7, 11) is 0. The molecular weight excluding hydrogens is 354 g/mol. The third-order valence-corrected chi connectivity index (χ3v) is 3.27. The van der Waals surface area contributed by atoms with Crippen LogP contribution in [0.1, 0.15) is 17.2 Å². The van der Waals surface area contributed by atoms with Crippen LogP contribution >= 0.6 is 15.9 Å². The maximum Gasteiger partial charge on any atom is 0.573 e. The zero-order chi connectivity index (χ0) is 15.6. The molecule has 0 spiro atoms. The molecule has 2 nitrogen and oxygen atoms in total. The van der Waals surface area contributed by atoms with Crippen molar-refractivity contribution in [2.45, 2.75) is 12.4 Å². The fourth-order valence-electron chi connectivity index (χ4n) is 1.88. The first-order valence-corrected chi connectivity index (χ1v) is 6.62. The van der Waals surface area contributed by atoms with Crippen LogP contribution in [0.5, 0.6) is 5.75 Å². The Balaban J connectivity index is 2.41. The van der Waals surface area contributed by atoms with Crippen molar-refractivity contribution in [1.82, 2.24) is 0 Å². The van der Waals surface area contributed by atoms with Gasteiger partial charge in [-0.15, -0.1) is 13.2 Å². The lowest BCUT2D eigenvalue weighted by atomic mass is 9.98. The molecule has 1 atom stereocenters. The molecule has 0 aromatic heterocycles. The van der Waals surface area contributed by atoms with E-state index in [0.717, 1.165) is 6.07 Å². The number of benzene rings is 2. The Hall–Kier alpha value is -1.60. The first-order chi connectivity index (χ1) is 9.78. The lowest BCUT2D eigenvalue weighted by Crippen LogP contribution is -2.21. The van der Waals surface area contributed by atoms with E-state index < -0.39 is 24.0 Å². The number of para-hydroxylation sites is 1. The summed E-state index contributed by atoms with van der Waals surface area (Å²) in [5, 5.41) is 0. The molecule has 0 saturated carbocycles. The van der Waals surface area contributed by atoms with Crippen LogP contribution in [0, 0.1) is 5.82 Å². The first-order valence-electron chi connectivity index (χ1n) is 5.83. The zero-order valence-electron chi connectivity index (χ0n) is 10.5. The summed E-state index contributed by atoms with van der Waals surface area (Å²) in [4.78, 5) is 0. The van der Waals surface area contributed by atoms with Gasteiger partial charge in [0.25, 0.3) is 0 Å². The van der Waals surface area contributed by atoms with Crippen LogP contribution in [0.3, 0.4) is 0 Å². The number of hydrogen-bond donors (Lipinski definition) is 1. The Morgan fingerprint density at radius 3 is 2.33 bits per heavy atom. The number of halogens is 5. The van der Waals surface area contributed by atoms with Gasteiger partial charge in [0.1, 0.15) is 11.6 Å². The summed E-state index contributed by atoms with van der Waals surface area (Å²) < 4.78 is 55.4. The van der Waals surface area contributed by atoms with Gasteiger partial charge in [0.2, 0.25) is 0 Å². The second-order valence-electron chi connectivity index (χ2n) is 4.23. The fraction of sp³-hybridized carbons (Fsp3) is 0.143. The summed E-state index contributed by atoms with van der Waals surface area (Å²) >= 11 is 3.10. The van der Waals surface area contributed by atoms with E-state index in [2.05, 4.69) is 20.7 Å². The standard InChI is InChI=1S/C14H10BrF4NO/c15-8-5-6-9(11(16)7-8)13(20)10-3-1-2-4-12(10)21-14(17,18)19/h1-7,13H,20H2. The summed E-state index contributed by atoms with van der Waals surface area (Å²) in [6, 6.07) is 8.50. The van der Waals surface area contributed by atoms with Crippen LogP contribution in [0.25, 0.3) is 0 Å². The van der Waals surface area contributed by atoms with Gasteiger partial charge in [-0.2, -0.15) is 0 Å². The van der Waals surface area contributed by atoms with E-state index in [9.17, 15) is 17.6 Å². The molecule has 2 aromatic carbocycles. The predicted molar refractivity (Wildman–Crippen MR) is 73.3 cm³/mol. The Kier molecular flexibility index (Phi) is 4.53. The number of hydrogen-bond acceptors (Lipinski definition) is 2. The topological polar surface area (TPSA) is 35.2 Å². The van der Waals surface area contributed by atoms with Crippen LogP contribution in [0.4, 0.5) is 17.6 Å². The highest BCUT2D eigenvalue weighted by Crippen LogP contribution is 2.33. The second-order valence-corrected chi connectivity index (χ2v) is 5.14. The predicted octanol–water partition coefficient (Wildman–Crippen LogP) is 4.53. The molecule has 1 unspecified atom stereocenters. The van der Waals surface area contributed by atoms with E-state index in [1.54, 1.807) is 6.07 Å². The zero-order valence-corrected chi connectivity index (χ0v) is 12.1. The number of nitrogens with two attached hydrogens (primary N) is 1. The third kappa shape index (κ3) is 3.95. The van der Waals surface area contributed by atoms with Crippen molar-refractivity contribution in [3.8, 4) is 5.75 Å². The molecule has 0 radical (unpaired) electrons. The molecule has 2 aromatic rings.